The lowest BCUT2D eigenvalue weighted by molar-refractivity contribution is -0.143. The Bertz CT molecular complexity index is 466. The quantitative estimate of drug-likeness (QED) is 0.873. The molecule has 1 atom stereocenters. The van der Waals surface area contributed by atoms with Gasteiger partial charge in [0, 0.05) is 6.54 Å². The maximum Gasteiger partial charge on any atom is 0.329 e. The van der Waals surface area contributed by atoms with Crippen molar-refractivity contribution in [2.45, 2.75) is 38.6 Å². The number of carboxylic acids is 1. The molecule has 1 fully saturated rings. The van der Waals surface area contributed by atoms with Crippen LogP contribution < -0.4 is 9.64 Å². The maximum absolute atomic E-state index is 11.6. The molecule has 1 aromatic rings. The predicted octanol–water partition coefficient (Wildman–Crippen LogP) is 1.71. The fourth-order valence-corrected chi connectivity index (χ4v) is 2.64. The summed E-state index contributed by atoms with van der Waals surface area (Å²) in [4.78, 5) is 21.9. The van der Waals surface area contributed by atoms with Crippen molar-refractivity contribution in [2.75, 3.05) is 18.1 Å². The number of rotatable bonds is 5. The zero-order valence-electron chi connectivity index (χ0n) is 11.3. The zero-order chi connectivity index (χ0) is 13.9. The van der Waals surface area contributed by atoms with Gasteiger partial charge in [0.05, 0.1) is 19.0 Å². The van der Waals surface area contributed by atoms with Crippen LogP contribution in [0.15, 0.2) is 12.4 Å². The minimum atomic E-state index is -0.862. The number of aliphatic carboxylic acids is 1. The second-order valence-electron chi connectivity index (χ2n) is 4.59. The van der Waals surface area contributed by atoms with Crippen molar-refractivity contribution in [3.63, 3.8) is 0 Å². The summed E-state index contributed by atoms with van der Waals surface area (Å²) >= 11 is 0. The molecule has 0 aromatic carbocycles. The van der Waals surface area contributed by atoms with E-state index in [1.807, 2.05) is 18.7 Å². The summed E-state index contributed by atoms with van der Waals surface area (Å²) in [6, 6.07) is 0. The van der Waals surface area contributed by atoms with Crippen LogP contribution >= 0.6 is 0 Å². The van der Waals surface area contributed by atoms with Gasteiger partial charge in [-0.1, -0.05) is 6.92 Å². The van der Waals surface area contributed by atoms with Gasteiger partial charge in [0.1, 0.15) is 5.54 Å². The SMILES string of the molecule is CCOc1cncc(N2CCCC2(CC)C(=O)O)n1. The minimum Gasteiger partial charge on any atom is -0.479 e. The predicted molar refractivity (Wildman–Crippen MR) is 70.4 cm³/mol. The lowest BCUT2D eigenvalue weighted by atomic mass is 9.93. The molecule has 0 spiro atoms. The summed E-state index contributed by atoms with van der Waals surface area (Å²) in [6.07, 6.45) is 5.17. The first-order chi connectivity index (χ1) is 9.14. The molecular weight excluding hydrogens is 246 g/mol. The van der Waals surface area contributed by atoms with Crippen LogP contribution in [0.4, 0.5) is 5.82 Å². The van der Waals surface area contributed by atoms with Crippen molar-refractivity contribution >= 4 is 11.8 Å². The number of carboxylic acid groups (broad SMARTS) is 1. The van der Waals surface area contributed by atoms with Gasteiger partial charge in [-0.05, 0) is 26.2 Å². The second kappa shape index (κ2) is 5.42. The molecule has 6 nitrogen and oxygen atoms in total. The Morgan fingerprint density at radius 2 is 2.32 bits per heavy atom. The van der Waals surface area contributed by atoms with Gasteiger partial charge >= 0.3 is 5.97 Å². The van der Waals surface area contributed by atoms with Gasteiger partial charge in [0.15, 0.2) is 5.82 Å². The van der Waals surface area contributed by atoms with E-state index >= 15 is 0 Å². The number of ether oxygens (including phenoxy) is 1. The fourth-order valence-electron chi connectivity index (χ4n) is 2.64. The first-order valence-electron chi connectivity index (χ1n) is 6.60. The third-order valence-electron chi connectivity index (χ3n) is 3.64. The van der Waals surface area contributed by atoms with E-state index in [-0.39, 0.29) is 0 Å². The van der Waals surface area contributed by atoms with Gasteiger partial charge in [0.25, 0.3) is 0 Å². The van der Waals surface area contributed by atoms with Gasteiger partial charge in [-0.25, -0.2) is 4.79 Å². The van der Waals surface area contributed by atoms with Crippen LogP contribution in [0, 0.1) is 0 Å². The molecule has 1 unspecified atom stereocenters. The van der Waals surface area contributed by atoms with Crippen LogP contribution in [0.5, 0.6) is 5.88 Å². The monoisotopic (exact) mass is 265 g/mol. The van der Waals surface area contributed by atoms with Crippen molar-refractivity contribution in [2.24, 2.45) is 0 Å². The smallest absolute Gasteiger partial charge is 0.329 e. The van der Waals surface area contributed by atoms with Crippen molar-refractivity contribution in [1.29, 1.82) is 0 Å². The molecule has 0 saturated carbocycles. The number of nitrogens with zero attached hydrogens (tertiary/aromatic N) is 3. The van der Waals surface area contributed by atoms with E-state index in [2.05, 4.69) is 9.97 Å². The molecule has 0 aliphatic carbocycles. The summed E-state index contributed by atoms with van der Waals surface area (Å²) in [6.45, 7) is 4.96. The third kappa shape index (κ3) is 2.34. The molecule has 1 aliphatic heterocycles. The van der Waals surface area contributed by atoms with Gasteiger partial charge in [-0.2, -0.15) is 4.98 Å². The number of hydrogen-bond donors (Lipinski definition) is 1. The summed E-state index contributed by atoms with van der Waals surface area (Å²) in [5.74, 6) is 0.214. The Morgan fingerprint density at radius 1 is 1.53 bits per heavy atom. The van der Waals surface area contributed by atoms with Crippen molar-refractivity contribution in [3.05, 3.63) is 12.4 Å². The Labute approximate surface area is 112 Å². The number of hydrogen-bond acceptors (Lipinski definition) is 5. The first kappa shape index (κ1) is 13.6. The molecule has 1 saturated heterocycles. The van der Waals surface area contributed by atoms with Crippen LogP contribution in [-0.2, 0) is 4.79 Å². The highest BCUT2D eigenvalue weighted by Gasteiger charge is 2.47. The van der Waals surface area contributed by atoms with E-state index in [0.717, 1.165) is 6.42 Å². The average molecular weight is 265 g/mol. The Hall–Kier alpha value is -1.85. The third-order valence-corrected chi connectivity index (χ3v) is 3.64. The van der Waals surface area contributed by atoms with E-state index in [0.29, 0.717) is 37.7 Å². The Morgan fingerprint density at radius 3 is 2.95 bits per heavy atom. The summed E-state index contributed by atoms with van der Waals surface area (Å²) < 4.78 is 5.32. The number of carbonyl (C=O) groups is 1. The minimum absolute atomic E-state index is 0.433. The molecule has 104 valence electrons. The van der Waals surface area contributed by atoms with Crippen LogP contribution in [0.3, 0.4) is 0 Å². The highest BCUT2D eigenvalue weighted by Crippen LogP contribution is 2.36. The highest BCUT2D eigenvalue weighted by molar-refractivity contribution is 5.84. The van der Waals surface area contributed by atoms with Gasteiger partial charge in [0.2, 0.25) is 5.88 Å². The fraction of sp³-hybridized carbons (Fsp3) is 0.615. The van der Waals surface area contributed by atoms with Crippen molar-refractivity contribution in [3.8, 4) is 5.88 Å². The molecule has 19 heavy (non-hydrogen) atoms. The zero-order valence-corrected chi connectivity index (χ0v) is 11.3. The molecule has 0 radical (unpaired) electrons. The lowest BCUT2D eigenvalue weighted by Crippen LogP contribution is -2.50. The normalized spacial score (nSPS) is 22.5. The van der Waals surface area contributed by atoms with Gasteiger partial charge in [-0.3, -0.25) is 4.98 Å². The average Bonchev–Trinajstić information content (AvgIpc) is 2.84. The molecule has 1 N–H and O–H groups in total. The highest BCUT2D eigenvalue weighted by atomic mass is 16.5. The molecule has 0 bridgehead atoms. The molecule has 2 rings (SSSR count). The van der Waals surface area contributed by atoms with Crippen molar-refractivity contribution in [1.82, 2.24) is 9.97 Å². The number of aromatic nitrogens is 2. The summed E-state index contributed by atoms with van der Waals surface area (Å²) in [7, 11) is 0. The van der Waals surface area contributed by atoms with Crippen LogP contribution in [-0.4, -0.2) is 39.7 Å². The van der Waals surface area contributed by atoms with Gasteiger partial charge < -0.3 is 14.7 Å². The summed E-state index contributed by atoms with van der Waals surface area (Å²) in [5.41, 5.74) is -0.862. The molecular formula is C13H19N3O3. The summed E-state index contributed by atoms with van der Waals surface area (Å²) in [5, 5.41) is 9.55. The standard InChI is InChI=1S/C13H19N3O3/c1-3-13(12(17)18)6-5-7-16(13)10-8-14-9-11(15-10)19-4-2/h8-9H,3-7H2,1-2H3,(H,17,18). The largest absolute Gasteiger partial charge is 0.479 e. The Kier molecular flexibility index (Phi) is 3.87. The van der Waals surface area contributed by atoms with E-state index in [9.17, 15) is 9.90 Å². The molecule has 0 amide bonds. The Balaban J connectivity index is 2.34. The number of anilines is 1. The molecule has 6 heteroatoms. The molecule has 2 heterocycles. The lowest BCUT2D eigenvalue weighted by Gasteiger charge is -2.34. The molecule has 1 aliphatic rings. The van der Waals surface area contributed by atoms with Crippen LogP contribution in [0.1, 0.15) is 33.1 Å². The topological polar surface area (TPSA) is 75.5 Å². The van der Waals surface area contributed by atoms with Crippen LogP contribution in [0.2, 0.25) is 0 Å². The van der Waals surface area contributed by atoms with Gasteiger partial charge in [-0.15, -0.1) is 0 Å². The van der Waals surface area contributed by atoms with E-state index in [1.165, 1.54) is 6.20 Å². The van der Waals surface area contributed by atoms with E-state index < -0.39 is 11.5 Å². The van der Waals surface area contributed by atoms with E-state index in [4.69, 9.17) is 4.74 Å². The molecule has 1 aromatic heterocycles. The maximum atomic E-state index is 11.6. The van der Waals surface area contributed by atoms with Crippen LogP contribution in [0.25, 0.3) is 0 Å². The van der Waals surface area contributed by atoms with Crippen molar-refractivity contribution < 1.29 is 14.6 Å². The first-order valence-corrected chi connectivity index (χ1v) is 6.60. The second-order valence-corrected chi connectivity index (χ2v) is 4.59. The van der Waals surface area contributed by atoms with E-state index in [1.54, 1.807) is 6.20 Å².